The SMILES string of the molecule is O=Cc1ccc(C(=O)OCC(=O)Nc2cccc(S(=O)(=O)N3CCCCC3)c2)cc1. The van der Waals surface area contributed by atoms with Gasteiger partial charge in [-0.1, -0.05) is 24.6 Å². The van der Waals surface area contributed by atoms with Crippen LogP contribution in [0.5, 0.6) is 0 Å². The molecule has 2 aromatic carbocycles. The lowest BCUT2D eigenvalue weighted by atomic mass is 10.1. The molecule has 0 unspecified atom stereocenters. The third-order valence-electron chi connectivity index (χ3n) is 4.69. The van der Waals surface area contributed by atoms with E-state index in [0.717, 1.165) is 19.3 Å². The standard InChI is InChI=1S/C21H22N2O6S/c24-14-16-7-9-17(10-8-16)21(26)29-15-20(25)22-18-5-4-6-19(13-18)30(27,28)23-11-2-1-3-12-23/h4-10,13-14H,1-3,11-12,15H2,(H,22,25). The van der Waals surface area contributed by atoms with Crippen molar-refractivity contribution in [1.82, 2.24) is 4.31 Å². The maximum atomic E-state index is 12.8. The summed E-state index contributed by atoms with van der Waals surface area (Å²) in [7, 11) is -3.62. The molecule has 1 N–H and O–H groups in total. The summed E-state index contributed by atoms with van der Waals surface area (Å²) >= 11 is 0. The van der Waals surface area contributed by atoms with Crippen LogP contribution in [0.3, 0.4) is 0 Å². The van der Waals surface area contributed by atoms with Crippen LogP contribution in [-0.4, -0.2) is 50.6 Å². The average Bonchev–Trinajstić information content (AvgIpc) is 2.78. The fraction of sp³-hybridized carbons (Fsp3) is 0.286. The summed E-state index contributed by atoms with van der Waals surface area (Å²) < 4.78 is 31.9. The second kappa shape index (κ2) is 9.64. The van der Waals surface area contributed by atoms with Crippen molar-refractivity contribution >= 4 is 33.9 Å². The van der Waals surface area contributed by atoms with Gasteiger partial charge in [-0.3, -0.25) is 9.59 Å². The molecular formula is C21H22N2O6S. The Morgan fingerprint density at radius 3 is 2.40 bits per heavy atom. The number of hydrogen-bond donors (Lipinski definition) is 1. The number of piperidine rings is 1. The predicted octanol–water partition coefficient (Wildman–Crippen LogP) is 2.47. The summed E-state index contributed by atoms with van der Waals surface area (Å²) in [4.78, 5) is 34.9. The Labute approximate surface area is 174 Å². The maximum Gasteiger partial charge on any atom is 0.338 e. The number of carbonyl (C=O) groups excluding carboxylic acids is 3. The lowest BCUT2D eigenvalue weighted by Crippen LogP contribution is -2.35. The van der Waals surface area contributed by atoms with Gasteiger partial charge >= 0.3 is 5.97 Å². The van der Waals surface area contributed by atoms with E-state index in [2.05, 4.69) is 5.32 Å². The molecular weight excluding hydrogens is 408 g/mol. The minimum atomic E-state index is -3.62. The summed E-state index contributed by atoms with van der Waals surface area (Å²) in [6.07, 6.45) is 3.34. The van der Waals surface area contributed by atoms with Crippen LogP contribution < -0.4 is 5.32 Å². The number of benzene rings is 2. The highest BCUT2D eigenvalue weighted by molar-refractivity contribution is 7.89. The number of nitrogens with one attached hydrogen (secondary N) is 1. The molecule has 0 aliphatic carbocycles. The van der Waals surface area contributed by atoms with Crippen LogP contribution in [0.25, 0.3) is 0 Å². The van der Waals surface area contributed by atoms with E-state index in [4.69, 9.17) is 4.74 Å². The molecule has 0 atom stereocenters. The van der Waals surface area contributed by atoms with Crippen molar-refractivity contribution in [3.05, 3.63) is 59.7 Å². The largest absolute Gasteiger partial charge is 0.452 e. The molecule has 3 rings (SSSR count). The van der Waals surface area contributed by atoms with E-state index in [9.17, 15) is 22.8 Å². The van der Waals surface area contributed by atoms with E-state index < -0.39 is 28.5 Å². The molecule has 1 aliphatic rings. The fourth-order valence-electron chi connectivity index (χ4n) is 3.10. The van der Waals surface area contributed by atoms with Crippen LogP contribution in [0.4, 0.5) is 5.69 Å². The Kier molecular flexibility index (Phi) is 6.96. The van der Waals surface area contributed by atoms with Crippen LogP contribution in [0.1, 0.15) is 40.0 Å². The molecule has 9 heteroatoms. The smallest absolute Gasteiger partial charge is 0.338 e. The van der Waals surface area contributed by atoms with Gasteiger partial charge in [0.15, 0.2) is 6.61 Å². The molecule has 0 aromatic heterocycles. The Morgan fingerprint density at radius 2 is 1.73 bits per heavy atom. The number of esters is 1. The molecule has 8 nitrogen and oxygen atoms in total. The number of aldehydes is 1. The van der Waals surface area contributed by atoms with Crippen molar-refractivity contribution in [1.29, 1.82) is 0 Å². The number of hydrogen-bond acceptors (Lipinski definition) is 6. The highest BCUT2D eigenvalue weighted by atomic mass is 32.2. The van der Waals surface area contributed by atoms with E-state index in [1.807, 2.05) is 0 Å². The topological polar surface area (TPSA) is 110 Å². The van der Waals surface area contributed by atoms with E-state index >= 15 is 0 Å². The number of nitrogens with zero attached hydrogens (tertiary/aromatic N) is 1. The van der Waals surface area contributed by atoms with Crippen LogP contribution in [-0.2, 0) is 19.6 Å². The lowest BCUT2D eigenvalue weighted by Gasteiger charge is -2.26. The minimum Gasteiger partial charge on any atom is -0.452 e. The second-order valence-electron chi connectivity index (χ2n) is 6.86. The molecule has 2 aromatic rings. The summed E-state index contributed by atoms with van der Waals surface area (Å²) in [5, 5.41) is 2.54. The van der Waals surface area contributed by atoms with Gasteiger partial charge in [-0.05, 0) is 43.2 Å². The van der Waals surface area contributed by atoms with Gasteiger partial charge in [0, 0.05) is 24.3 Å². The first kappa shape index (κ1) is 21.7. The fourth-order valence-corrected chi connectivity index (χ4v) is 4.66. The van der Waals surface area contributed by atoms with Crippen molar-refractivity contribution in [2.24, 2.45) is 0 Å². The first-order chi connectivity index (χ1) is 14.4. The van der Waals surface area contributed by atoms with Crippen LogP contribution in [0.2, 0.25) is 0 Å². The van der Waals surface area contributed by atoms with Gasteiger partial charge < -0.3 is 10.1 Å². The highest BCUT2D eigenvalue weighted by Gasteiger charge is 2.26. The zero-order chi connectivity index (χ0) is 21.6. The van der Waals surface area contributed by atoms with Gasteiger partial charge in [0.1, 0.15) is 6.29 Å². The van der Waals surface area contributed by atoms with Gasteiger partial charge in [-0.2, -0.15) is 4.31 Å². The van der Waals surface area contributed by atoms with Gasteiger partial charge in [0.25, 0.3) is 5.91 Å². The van der Waals surface area contributed by atoms with Crippen LogP contribution >= 0.6 is 0 Å². The molecule has 0 spiro atoms. The summed E-state index contributed by atoms with van der Waals surface area (Å²) in [6.45, 7) is 0.447. The van der Waals surface area contributed by atoms with Gasteiger partial charge in [-0.15, -0.1) is 0 Å². The van der Waals surface area contributed by atoms with Gasteiger partial charge in [0.2, 0.25) is 10.0 Å². The molecule has 1 heterocycles. The van der Waals surface area contributed by atoms with Crippen molar-refractivity contribution in [3.63, 3.8) is 0 Å². The summed E-state index contributed by atoms with van der Waals surface area (Å²) in [5.74, 6) is -1.30. The molecule has 0 radical (unpaired) electrons. The van der Waals surface area contributed by atoms with Crippen molar-refractivity contribution in [3.8, 4) is 0 Å². The molecule has 30 heavy (non-hydrogen) atoms. The first-order valence-corrected chi connectivity index (χ1v) is 11.0. The Bertz CT molecular complexity index is 1030. The average molecular weight is 430 g/mol. The number of ether oxygens (including phenoxy) is 1. The minimum absolute atomic E-state index is 0.106. The van der Waals surface area contributed by atoms with Gasteiger partial charge in [-0.25, -0.2) is 13.2 Å². The third kappa shape index (κ3) is 5.31. The Morgan fingerprint density at radius 1 is 1.03 bits per heavy atom. The molecule has 0 saturated carbocycles. The molecule has 1 amide bonds. The van der Waals surface area contributed by atoms with E-state index in [1.165, 1.54) is 40.7 Å². The quantitative estimate of drug-likeness (QED) is 0.534. The molecule has 158 valence electrons. The number of sulfonamides is 1. The van der Waals surface area contributed by atoms with E-state index in [-0.39, 0.29) is 10.5 Å². The molecule has 0 bridgehead atoms. The Balaban J connectivity index is 1.59. The van der Waals surface area contributed by atoms with E-state index in [0.29, 0.717) is 30.6 Å². The zero-order valence-corrected chi connectivity index (χ0v) is 17.1. The monoisotopic (exact) mass is 430 g/mol. The van der Waals surface area contributed by atoms with Gasteiger partial charge in [0.05, 0.1) is 10.5 Å². The van der Waals surface area contributed by atoms with Crippen molar-refractivity contribution in [2.75, 3.05) is 25.0 Å². The lowest BCUT2D eigenvalue weighted by molar-refractivity contribution is -0.119. The second-order valence-corrected chi connectivity index (χ2v) is 8.79. The Hall–Kier alpha value is -3.04. The van der Waals surface area contributed by atoms with E-state index in [1.54, 1.807) is 12.1 Å². The number of anilines is 1. The number of rotatable bonds is 7. The molecule has 1 saturated heterocycles. The maximum absolute atomic E-state index is 12.8. The summed E-state index contributed by atoms with van der Waals surface area (Å²) in [5.41, 5.74) is 0.927. The van der Waals surface area contributed by atoms with Crippen molar-refractivity contribution in [2.45, 2.75) is 24.2 Å². The van der Waals surface area contributed by atoms with Crippen LogP contribution in [0.15, 0.2) is 53.4 Å². The molecule has 1 aliphatic heterocycles. The summed E-state index contributed by atoms with van der Waals surface area (Å²) in [6, 6.07) is 11.8. The predicted molar refractivity (Wildman–Crippen MR) is 110 cm³/mol. The third-order valence-corrected chi connectivity index (χ3v) is 6.58. The number of amides is 1. The zero-order valence-electron chi connectivity index (χ0n) is 16.2. The normalized spacial score (nSPS) is 14.7. The molecule has 1 fully saturated rings. The van der Waals surface area contributed by atoms with Crippen LogP contribution in [0, 0.1) is 0 Å². The number of carbonyl (C=O) groups is 3. The van der Waals surface area contributed by atoms with Crippen molar-refractivity contribution < 1.29 is 27.5 Å². The highest BCUT2D eigenvalue weighted by Crippen LogP contribution is 2.22. The first-order valence-electron chi connectivity index (χ1n) is 9.52.